The lowest BCUT2D eigenvalue weighted by molar-refractivity contribution is -0.116. The van der Waals surface area contributed by atoms with E-state index in [0.29, 0.717) is 12.8 Å². The third kappa shape index (κ3) is 3.61. The fraction of sp³-hybridized carbons (Fsp3) is 0.103. The van der Waals surface area contributed by atoms with Gasteiger partial charge in [0.2, 0.25) is 5.91 Å². The first-order valence-corrected chi connectivity index (χ1v) is 11.5. The van der Waals surface area contributed by atoms with Crippen LogP contribution < -0.4 is 5.32 Å². The number of carbonyl (C=O) groups is 1. The third-order valence-electron chi connectivity index (χ3n) is 6.56. The smallest absolute Gasteiger partial charge is 0.224 e. The zero-order chi connectivity index (χ0) is 22.9. The molecule has 0 atom stereocenters. The Labute approximate surface area is 196 Å². The van der Waals surface area contributed by atoms with Gasteiger partial charge in [0.05, 0.1) is 11.2 Å². The molecule has 1 amide bonds. The molecule has 6 rings (SSSR count). The molecule has 0 fully saturated rings. The number of benzene rings is 3. The quantitative estimate of drug-likeness (QED) is 0.266. The van der Waals surface area contributed by atoms with Crippen LogP contribution in [0.1, 0.15) is 29.9 Å². The predicted molar refractivity (Wildman–Crippen MR) is 138 cm³/mol. The molecule has 3 aromatic carbocycles. The first-order chi connectivity index (χ1) is 16.8. The van der Waals surface area contributed by atoms with Crippen molar-refractivity contribution in [2.24, 2.45) is 0 Å². The maximum Gasteiger partial charge on any atom is 0.224 e. The highest BCUT2D eigenvalue weighted by atomic mass is 16.1. The molecule has 0 saturated carbocycles. The number of aromatic amines is 2. The Morgan fingerprint density at radius 2 is 1.44 bits per heavy atom. The molecule has 3 aromatic heterocycles. The second-order valence-electron chi connectivity index (χ2n) is 8.60. The van der Waals surface area contributed by atoms with Crippen LogP contribution in [0.3, 0.4) is 0 Å². The SMILES string of the molecule is O=C(CCC(c1c[nH]c2ccccc12)c1c[nH]c2ccccc12)Nc1cccc2cccnc12. The number of nitrogens with zero attached hydrogens (tertiary/aromatic N) is 1. The van der Waals surface area contributed by atoms with Crippen LogP contribution >= 0.6 is 0 Å². The second kappa shape index (κ2) is 8.52. The second-order valence-corrected chi connectivity index (χ2v) is 8.60. The number of carbonyl (C=O) groups excluding carboxylic acids is 1. The normalized spacial score (nSPS) is 11.6. The summed E-state index contributed by atoms with van der Waals surface area (Å²) in [5.74, 6) is 0.0616. The van der Waals surface area contributed by atoms with Crippen molar-refractivity contribution < 1.29 is 4.79 Å². The Kier molecular flexibility index (Phi) is 5.07. The zero-order valence-electron chi connectivity index (χ0n) is 18.6. The average molecular weight is 445 g/mol. The summed E-state index contributed by atoms with van der Waals surface area (Å²) < 4.78 is 0. The molecule has 0 aliphatic heterocycles. The van der Waals surface area contributed by atoms with E-state index in [1.807, 2.05) is 42.5 Å². The van der Waals surface area contributed by atoms with E-state index >= 15 is 0 Å². The van der Waals surface area contributed by atoms with Crippen molar-refractivity contribution >= 4 is 44.3 Å². The van der Waals surface area contributed by atoms with Crippen LogP contribution in [0.15, 0.2) is 97.5 Å². The van der Waals surface area contributed by atoms with Gasteiger partial charge >= 0.3 is 0 Å². The van der Waals surface area contributed by atoms with E-state index in [0.717, 1.165) is 27.6 Å². The number of amides is 1. The summed E-state index contributed by atoms with van der Waals surface area (Å²) in [4.78, 5) is 24.3. The molecule has 5 nitrogen and oxygen atoms in total. The molecule has 0 aliphatic rings. The summed E-state index contributed by atoms with van der Waals surface area (Å²) in [5, 5.41) is 6.48. The summed E-state index contributed by atoms with van der Waals surface area (Å²) >= 11 is 0. The van der Waals surface area contributed by atoms with Crippen LogP contribution in [-0.4, -0.2) is 20.9 Å². The van der Waals surface area contributed by atoms with Gasteiger partial charge < -0.3 is 15.3 Å². The Bertz CT molecular complexity index is 1550. The first kappa shape index (κ1) is 20.2. The Morgan fingerprint density at radius 3 is 2.15 bits per heavy atom. The monoisotopic (exact) mass is 444 g/mol. The maximum absolute atomic E-state index is 13.1. The number of hydrogen-bond donors (Lipinski definition) is 3. The molecule has 0 bridgehead atoms. The Balaban J connectivity index is 1.32. The molecule has 34 heavy (non-hydrogen) atoms. The number of H-pyrrole nitrogens is 2. The highest BCUT2D eigenvalue weighted by Crippen LogP contribution is 2.37. The van der Waals surface area contributed by atoms with E-state index in [1.165, 1.54) is 21.9 Å². The van der Waals surface area contributed by atoms with Crippen molar-refractivity contribution in [3.05, 3.63) is 109 Å². The molecule has 6 aromatic rings. The molecule has 0 aliphatic carbocycles. The van der Waals surface area contributed by atoms with E-state index in [-0.39, 0.29) is 11.8 Å². The largest absolute Gasteiger partial charge is 0.361 e. The van der Waals surface area contributed by atoms with Gasteiger partial charge in [-0.3, -0.25) is 9.78 Å². The van der Waals surface area contributed by atoms with Gasteiger partial charge in [-0.15, -0.1) is 0 Å². The predicted octanol–water partition coefficient (Wildman–Crippen LogP) is 6.75. The van der Waals surface area contributed by atoms with Gasteiger partial charge in [0, 0.05) is 58.1 Å². The third-order valence-corrected chi connectivity index (χ3v) is 6.56. The average Bonchev–Trinajstić information content (AvgIpc) is 3.50. The molecule has 0 unspecified atom stereocenters. The minimum Gasteiger partial charge on any atom is -0.361 e. The van der Waals surface area contributed by atoms with E-state index in [4.69, 9.17) is 0 Å². The van der Waals surface area contributed by atoms with Gasteiger partial charge in [0.1, 0.15) is 0 Å². The molecule has 3 N–H and O–H groups in total. The topological polar surface area (TPSA) is 73.6 Å². The Hall–Kier alpha value is -4.38. The van der Waals surface area contributed by atoms with E-state index in [2.05, 4.69) is 69.1 Å². The number of anilines is 1. The molecular weight excluding hydrogens is 420 g/mol. The minimum absolute atomic E-state index is 0.0113. The van der Waals surface area contributed by atoms with Crippen LogP contribution in [0.2, 0.25) is 0 Å². The summed E-state index contributed by atoms with van der Waals surface area (Å²) in [5.41, 5.74) is 6.18. The number of nitrogens with one attached hydrogen (secondary N) is 3. The van der Waals surface area contributed by atoms with E-state index in [1.54, 1.807) is 6.20 Å². The molecule has 5 heteroatoms. The summed E-state index contributed by atoms with van der Waals surface area (Å²) in [6.07, 6.45) is 7.01. The highest BCUT2D eigenvalue weighted by Gasteiger charge is 2.22. The number of pyridine rings is 1. The van der Waals surface area contributed by atoms with Crippen molar-refractivity contribution in [2.45, 2.75) is 18.8 Å². The zero-order valence-corrected chi connectivity index (χ0v) is 18.6. The van der Waals surface area contributed by atoms with Gasteiger partial charge in [-0.1, -0.05) is 54.6 Å². The Morgan fingerprint density at radius 1 is 0.794 bits per heavy atom. The van der Waals surface area contributed by atoms with E-state index < -0.39 is 0 Å². The van der Waals surface area contributed by atoms with Crippen LogP contribution in [0, 0.1) is 0 Å². The number of para-hydroxylation sites is 3. The number of fused-ring (bicyclic) bond motifs is 3. The van der Waals surface area contributed by atoms with Crippen molar-refractivity contribution in [3.63, 3.8) is 0 Å². The molecule has 0 saturated heterocycles. The molecule has 0 spiro atoms. The molecule has 0 radical (unpaired) electrons. The lowest BCUT2D eigenvalue weighted by atomic mass is 9.87. The van der Waals surface area contributed by atoms with Crippen LogP contribution in [0.4, 0.5) is 5.69 Å². The number of aromatic nitrogens is 3. The standard InChI is InChI=1S/C29H24N4O/c34-28(33-27-13-5-7-19-8-6-16-30-29(19)27)15-14-20(23-17-31-25-11-3-1-9-21(23)25)24-18-32-26-12-4-2-10-22(24)26/h1-13,16-18,20,31-32H,14-15H2,(H,33,34). The minimum atomic E-state index is -0.0113. The van der Waals surface area contributed by atoms with Crippen molar-refractivity contribution in [1.82, 2.24) is 15.0 Å². The highest BCUT2D eigenvalue weighted by molar-refractivity contribution is 6.00. The van der Waals surface area contributed by atoms with Gasteiger partial charge in [0.25, 0.3) is 0 Å². The van der Waals surface area contributed by atoms with Crippen LogP contribution in [0.25, 0.3) is 32.7 Å². The van der Waals surface area contributed by atoms with Gasteiger partial charge in [-0.25, -0.2) is 0 Å². The van der Waals surface area contributed by atoms with Crippen molar-refractivity contribution in [2.75, 3.05) is 5.32 Å². The van der Waals surface area contributed by atoms with Gasteiger partial charge in [-0.05, 0) is 41.8 Å². The lowest BCUT2D eigenvalue weighted by Crippen LogP contribution is -2.14. The summed E-state index contributed by atoms with van der Waals surface area (Å²) in [7, 11) is 0. The van der Waals surface area contributed by atoms with Crippen LogP contribution in [0.5, 0.6) is 0 Å². The van der Waals surface area contributed by atoms with Crippen molar-refractivity contribution in [1.29, 1.82) is 0 Å². The fourth-order valence-electron chi connectivity index (χ4n) is 4.94. The first-order valence-electron chi connectivity index (χ1n) is 11.5. The lowest BCUT2D eigenvalue weighted by Gasteiger charge is -2.17. The van der Waals surface area contributed by atoms with E-state index in [9.17, 15) is 4.79 Å². The van der Waals surface area contributed by atoms with Gasteiger partial charge in [0.15, 0.2) is 0 Å². The maximum atomic E-state index is 13.1. The number of rotatable bonds is 6. The van der Waals surface area contributed by atoms with Gasteiger partial charge in [-0.2, -0.15) is 0 Å². The van der Waals surface area contributed by atoms with Crippen molar-refractivity contribution in [3.8, 4) is 0 Å². The number of hydrogen-bond acceptors (Lipinski definition) is 2. The van der Waals surface area contributed by atoms with Crippen LogP contribution in [-0.2, 0) is 4.79 Å². The fourth-order valence-corrected chi connectivity index (χ4v) is 4.94. The molecular formula is C29H24N4O. The summed E-state index contributed by atoms with van der Waals surface area (Å²) in [6, 6.07) is 26.4. The summed E-state index contributed by atoms with van der Waals surface area (Å²) in [6.45, 7) is 0. The molecule has 166 valence electrons. The molecule has 3 heterocycles.